The average Bonchev–Trinajstić information content (AvgIpc) is 3.85. The van der Waals surface area contributed by atoms with Gasteiger partial charge in [-0.05, 0) is 84.8 Å². The first kappa shape index (κ1) is 62.2. The van der Waals surface area contributed by atoms with Gasteiger partial charge in [0, 0.05) is 38.4 Å². The number of guanidine groups is 1. The van der Waals surface area contributed by atoms with Crippen LogP contribution in [0.4, 0.5) is 0 Å². The SMILES string of the molecule is C[C@H](NC(=O)[C@@H](NC(=O)C(N)CCCCN)[C@@H](O)CN)C(=O)NCC(=O)N[C@H](CCCN)C(=O)N(C)[C@@H](C)C(=O)N[C@@H](Cc1cnc[nH]1)C(=O)N[C@@H](CCCCN)C(=O)N/C(=C\CCN=C(N)N)C(=O)O. The third kappa shape index (κ3) is 23.6. The Morgan fingerprint density at radius 1 is 0.761 bits per heavy atom. The Bertz CT molecular complexity index is 1950. The molecule has 0 aliphatic heterocycles. The molecular weight excluding hydrogens is 933 g/mol. The van der Waals surface area contributed by atoms with Crippen LogP contribution in [0, 0.1) is 0 Å². The summed E-state index contributed by atoms with van der Waals surface area (Å²) in [4.78, 5) is 130. The molecule has 0 bridgehead atoms. The summed E-state index contributed by atoms with van der Waals surface area (Å²) in [5.74, 6) is -8.30. The number of carbonyl (C=O) groups excluding carboxylic acids is 8. The van der Waals surface area contributed by atoms with E-state index in [1.165, 1.54) is 39.5 Å². The third-order valence-electron chi connectivity index (χ3n) is 10.8. The van der Waals surface area contributed by atoms with Crippen LogP contribution in [0.25, 0.3) is 0 Å². The van der Waals surface area contributed by atoms with Crippen molar-refractivity contribution in [2.75, 3.05) is 46.3 Å². The van der Waals surface area contributed by atoms with Gasteiger partial charge < -0.3 is 97.5 Å². The van der Waals surface area contributed by atoms with Gasteiger partial charge in [-0.25, -0.2) is 9.78 Å². The number of aliphatic hydroxyl groups excluding tert-OH is 1. The molecule has 0 fully saturated rings. The molecular formula is C42H76N18O11. The molecule has 0 aromatic carbocycles. The molecule has 0 aliphatic carbocycles. The molecule has 29 heteroatoms. The number of aliphatic carboxylic acids is 1. The predicted octanol–water partition coefficient (Wildman–Crippen LogP) is -7.25. The minimum absolute atomic E-state index is 0.0148. The maximum atomic E-state index is 13.9. The Morgan fingerprint density at radius 3 is 1.96 bits per heavy atom. The molecule has 1 unspecified atom stereocenters. The van der Waals surface area contributed by atoms with Gasteiger partial charge in [0.15, 0.2) is 5.96 Å². The normalized spacial score (nSPS) is 14.6. The molecule has 24 N–H and O–H groups in total. The van der Waals surface area contributed by atoms with Gasteiger partial charge in [-0.1, -0.05) is 12.5 Å². The van der Waals surface area contributed by atoms with E-state index >= 15 is 0 Å². The summed E-state index contributed by atoms with van der Waals surface area (Å²) in [6, 6.07) is -9.06. The van der Waals surface area contributed by atoms with Crippen LogP contribution < -0.4 is 77.4 Å². The van der Waals surface area contributed by atoms with E-state index in [-0.39, 0.29) is 64.1 Å². The van der Waals surface area contributed by atoms with Gasteiger partial charge in [0.2, 0.25) is 47.3 Å². The van der Waals surface area contributed by atoms with E-state index in [1.807, 2.05) is 0 Å². The number of aromatic nitrogens is 2. The molecule has 71 heavy (non-hydrogen) atoms. The molecule has 0 radical (unpaired) electrons. The smallest absolute Gasteiger partial charge is 0.352 e. The van der Waals surface area contributed by atoms with E-state index in [9.17, 15) is 53.4 Å². The van der Waals surface area contributed by atoms with Crippen molar-refractivity contribution in [3.05, 3.63) is 30.0 Å². The average molecular weight is 1010 g/mol. The number of nitrogens with two attached hydrogens (primary N) is 7. The second kappa shape index (κ2) is 33.7. The van der Waals surface area contributed by atoms with Crippen molar-refractivity contribution < 1.29 is 53.4 Å². The zero-order valence-corrected chi connectivity index (χ0v) is 40.6. The topological polar surface area (TPSA) is 505 Å². The minimum atomic E-state index is -1.57. The fraction of sp³-hybridized carbons (Fsp3) is 0.643. The highest BCUT2D eigenvalue weighted by Crippen LogP contribution is 2.10. The molecule has 0 spiro atoms. The Kier molecular flexibility index (Phi) is 29.5. The second-order valence-electron chi connectivity index (χ2n) is 16.5. The molecule has 1 aromatic heterocycles. The standard InChI is InChI=1S/C42H76N18O11/c1-23(54-39(68)33(31(61)19-46)59-36(65)26(47)10-4-6-14-43)34(63)52-21-32(62)55-28(12-8-16-45)40(69)60(3)24(2)35(64)58-30(18-25-20-50-22-53-25)38(67)56-27(11-5-7-15-44)37(66)57-29(41(70)71)13-9-17-51-42(48)49/h13,20,22-24,26-28,30-31,33,61H,4-12,14-19,21,43-47H2,1-3H3,(H,50,53)(H,52,63)(H,54,68)(H,55,62)(H,56,67)(H,57,66)(H,58,64)(H,59,65)(H,70,71)(H4,48,49,51)/b29-13-/t23-,24-,26?,27-,28+,30-,31-,33-/m0/s1. The van der Waals surface area contributed by atoms with Crippen molar-refractivity contribution in [3.8, 4) is 0 Å². The predicted molar refractivity (Wildman–Crippen MR) is 259 cm³/mol. The highest BCUT2D eigenvalue weighted by atomic mass is 16.4. The van der Waals surface area contributed by atoms with E-state index in [0.717, 1.165) is 4.90 Å². The maximum Gasteiger partial charge on any atom is 0.352 e. The molecule has 29 nitrogen and oxygen atoms in total. The van der Waals surface area contributed by atoms with Crippen LogP contribution in [0.2, 0.25) is 0 Å². The first-order chi connectivity index (χ1) is 33.6. The quantitative estimate of drug-likeness (QED) is 0.0130. The monoisotopic (exact) mass is 1010 g/mol. The number of H-pyrrole nitrogens is 1. The number of aliphatic imine (C=N–C) groups is 1. The molecule has 1 heterocycles. The van der Waals surface area contributed by atoms with Crippen molar-refractivity contribution in [2.45, 2.75) is 126 Å². The number of nitrogens with zero attached hydrogens (tertiary/aromatic N) is 3. The fourth-order valence-electron chi connectivity index (χ4n) is 6.46. The zero-order chi connectivity index (χ0) is 53.6. The Balaban J connectivity index is 3.14. The van der Waals surface area contributed by atoms with Crippen LogP contribution >= 0.6 is 0 Å². The molecule has 8 atom stereocenters. The number of likely N-dealkylation sites (N-methyl/N-ethyl adjacent to an activating group) is 1. The highest BCUT2D eigenvalue weighted by Gasteiger charge is 2.34. The Hall–Kier alpha value is -6.79. The molecule has 1 aromatic rings. The van der Waals surface area contributed by atoms with Crippen molar-refractivity contribution in [1.82, 2.24) is 52.1 Å². The number of aromatic amines is 1. The largest absolute Gasteiger partial charge is 0.477 e. The number of carbonyl (C=O) groups is 9. The number of aliphatic hydroxyl groups is 1. The molecule has 0 aliphatic rings. The van der Waals surface area contributed by atoms with Crippen molar-refractivity contribution in [2.24, 2.45) is 45.1 Å². The van der Waals surface area contributed by atoms with Crippen LogP contribution in [0.5, 0.6) is 0 Å². The van der Waals surface area contributed by atoms with Gasteiger partial charge in [-0.15, -0.1) is 0 Å². The number of rotatable bonds is 35. The molecule has 0 saturated carbocycles. The first-order valence-corrected chi connectivity index (χ1v) is 23.2. The third-order valence-corrected chi connectivity index (χ3v) is 10.8. The van der Waals surface area contributed by atoms with Gasteiger partial charge in [-0.2, -0.15) is 0 Å². The Morgan fingerprint density at radius 2 is 1.38 bits per heavy atom. The molecule has 1 rings (SSSR count). The lowest BCUT2D eigenvalue weighted by Crippen LogP contribution is -2.60. The number of carboxylic acid groups (broad SMARTS) is 1. The van der Waals surface area contributed by atoms with Crippen LogP contribution in [0.15, 0.2) is 29.3 Å². The number of hydrogen-bond donors (Lipinski definition) is 17. The Labute approximate surface area is 411 Å². The maximum absolute atomic E-state index is 13.9. The second-order valence-corrected chi connectivity index (χ2v) is 16.5. The van der Waals surface area contributed by atoms with Gasteiger partial charge in [0.1, 0.15) is 41.9 Å². The number of nitrogens with one attached hydrogen (secondary N) is 8. The lowest BCUT2D eigenvalue weighted by Gasteiger charge is -2.30. The summed E-state index contributed by atoms with van der Waals surface area (Å²) in [7, 11) is 1.29. The fourth-order valence-corrected chi connectivity index (χ4v) is 6.46. The summed E-state index contributed by atoms with van der Waals surface area (Å²) in [6.45, 7) is 2.39. The number of unbranched alkanes of at least 4 members (excludes halogenated alkanes) is 2. The van der Waals surface area contributed by atoms with E-state index in [4.69, 9.17) is 40.1 Å². The van der Waals surface area contributed by atoms with E-state index < -0.39 is 120 Å². The zero-order valence-electron chi connectivity index (χ0n) is 40.6. The summed E-state index contributed by atoms with van der Waals surface area (Å²) < 4.78 is 0. The van der Waals surface area contributed by atoms with Gasteiger partial charge in [0.05, 0.1) is 25.0 Å². The highest BCUT2D eigenvalue weighted by molar-refractivity contribution is 5.98. The first-order valence-electron chi connectivity index (χ1n) is 23.2. The summed E-state index contributed by atoms with van der Waals surface area (Å²) in [5, 5.41) is 37.2. The molecule has 8 amide bonds. The summed E-state index contributed by atoms with van der Waals surface area (Å²) in [5.41, 5.74) is 38.8. The summed E-state index contributed by atoms with van der Waals surface area (Å²) in [6.07, 6.45) is 4.86. The van der Waals surface area contributed by atoms with E-state index in [2.05, 4.69) is 52.2 Å². The van der Waals surface area contributed by atoms with Crippen molar-refractivity contribution in [1.29, 1.82) is 0 Å². The number of hydrogen-bond acceptors (Lipinski definition) is 17. The van der Waals surface area contributed by atoms with Crippen molar-refractivity contribution >= 4 is 59.2 Å². The lowest BCUT2D eigenvalue weighted by molar-refractivity contribution is -0.142. The van der Waals surface area contributed by atoms with Crippen molar-refractivity contribution in [3.63, 3.8) is 0 Å². The number of carboxylic acids is 1. The van der Waals surface area contributed by atoms with Gasteiger partial charge in [0.25, 0.3) is 0 Å². The van der Waals surface area contributed by atoms with Crippen LogP contribution in [-0.2, 0) is 49.6 Å². The molecule has 0 saturated heterocycles. The van der Waals surface area contributed by atoms with E-state index in [1.54, 1.807) is 0 Å². The van der Waals surface area contributed by atoms with Crippen LogP contribution in [0.1, 0.15) is 77.3 Å². The number of imidazole rings is 1. The minimum Gasteiger partial charge on any atom is -0.477 e. The van der Waals surface area contributed by atoms with Crippen LogP contribution in [0.3, 0.4) is 0 Å². The number of amides is 8. The molecule has 400 valence electrons. The van der Waals surface area contributed by atoms with Gasteiger partial charge in [-0.3, -0.25) is 43.3 Å². The van der Waals surface area contributed by atoms with E-state index in [0.29, 0.717) is 37.9 Å². The van der Waals surface area contributed by atoms with Gasteiger partial charge >= 0.3 is 5.97 Å². The van der Waals surface area contributed by atoms with Crippen LogP contribution in [-0.4, -0.2) is 179 Å². The lowest BCUT2D eigenvalue weighted by atomic mass is 10.1. The summed E-state index contributed by atoms with van der Waals surface area (Å²) >= 11 is 0.